The van der Waals surface area contributed by atoms with Gasteiger partial charge in [0, 0.05) is 24.8 Å². The van der Waals surface area contributed by atoms with E-state index in [1.54, 1.807) is 0 Å². The van der Waals surface area contributed by atoms with E-state index in [-0.39, 0.29) is 6.04 Å². The summed E-state index contributed by atoms with van der Waals surface area (Å²) in [6, 6.07) is 11.2. The second-order valence-electron chi connectivity index (χ2n) is 5.83. The molecule has 3 heteroatoms. The van der Waals surface area contributed by atoms with Gasteiger partial charge in [0.25, 0.3) is 0 Å². The maximum atomic E-state index is 9.46. The van der Waals surface area contributed by atoms with Gasteiger partial charge >= 0.3 is 0 Å². The van der Waals surface area contributed by atoms with Gasteiger partial charge in [-0.1, -0.05) is 31.4 Å². The Morgan fingerprint density at radius 2 is 1.76 bits per heavy atom. The van der Waals surface area contributed by atoms with Crippen LogP contribution in [0.15, 0.2) is 24.3 Å². The number of hydrogen-bond acceptors (Lipinski definition) is 3. The van der Waals surface area contributed by atoms with E-state index in [0.717, 1.165) is 18.7 Å². The van der Waals surface area contributed by atoms with Crippen molar-refractivity contribution in [3.63, 3.8) is 0 Å². The molecular weight excluding hydrogens is 258 g/mol. The molecule has 0 saturated heterocycles. The molecule has 1 aliphatic rings. The molecule has 2 rings (SSSR count). The van der Waals surface area contributed by atoms with E-state index in [0.29, 0.717) is 6.04 Å². The maximum Gasteiger partial charge on any atom is 0.121 e. The Morgan fingerprint density at radius 1 is 1.14 bits per heavy atom. The lowest BCUT2D eigenvalue weighted by Gasteiger charge is -2.26. The van der Waals surface area contributed by atoms with Crippen LogP contribution in [0.4, 0.5) is 5.69 Å². The fraction of sp³-hybridized carbons (Fsp3) is 0.611. The average molecular weight is 285 g/mol. The second kappa shape index (κ2) is 8.05. The van der Waals surface area contributed by atoms with Gasteiger partial charge in [-0.05, 0) is 44.4 Å². The van der Waals surface area contributed by atoms with Crippen LogP contribution < -0.4 is 10.2 Å². The van der Waals surface area contributed by atoms with Gasteiger partial charge in [-0.2, -0.15) is 5.26 Å². The van der Waals surface area contributed by atoms with E-state index in [1.807, 2.05) is 0 Å². The summed E-state index contributed by atoms with van der Waals surface area (Å²) < 4.78 is 0. The fourth-order valence-electron chi connectivity index (χ4n) is 3.18. The van der Waals surface area contributed by atoms with Crippen LogP contribution in [0.1, 0.15) is 57.6 Å². The number of anilines is 1. The summed E-state index contributed by atoms with van der Waals surface area (Å²) in [6.07, 6.45) is 6.33. The number of hydrogen-bond donors (Lipinski definition) is 1. The standard InChI is InChI=1S/C18H27N3/c1-3-21(4-2)17-12-10-15(11-13-17)18(14-19)20-16-8-6-5-7-9-16/h10-13,16,18,20H,3-9H2,1-2H3. The van der Waals surface area contributed by atoms with Crippen molar-refractivity contribution in [1.29, 1.82) is 5.26 Å². The minimum atomic E-state index is -0.182. The molecule has 1 unspecified atom stereocenters. The van der Waals surface area contributed by atoms with Gasteiger partial charge in [0.1, 0.15) is 6.04 Å². The minimum absolute atomic E-state index is 0.182. The Kier molecular flexibility index (Phi) is 6.07. The molecule has 3 nitrogen and oxygen atoms in total. The van der Waals surface area contributed by atoms with E-state index in [1.165, 1.54) is 37.8 Å². The van der Waals surface area contributed by atoms with Gasteiger partial charge in [0.2, 0.25) is 0 Å². The van der Waals surface area contributed by atoms with Crippen molar-refractivity contribution in [3.8, 4) is 6.07 Å². The first-order valence-corrected chi connectivity index (χ1v) is 8.29. The molecule has 114 valence electrons. The fourth-order valence-corrected chi connectivity index (χ4v) is 3.18. The summed E-state index contributed by atoms with van der Waals surface area (Å²) >= 11 is 0. The first-order valence-electron chi connectivity index (χ1n) is 8.29. The Morgan fingerprint density at radius 3 is 2.29 bits per heavy atom. The first-order chi connectivity index (χ1) is 10.3. The Bertz CT molecular complexity index is 450. The largest absolute Gasteiger partial charge is 0.372 e. The molecule has 0 aromatic heterocycles. The van der Waals surface area contributed by atoms with Crippen LogP contribution >= 0.6 is 0 Å². The third-order valence-electron chi connectivity index (χ3n) is 4.49. The Labute approximate surface area is 129 Å². The number of nitrogens with one attached hydrogen (secondary N) is 1. The van der Waals surface area contributed by atoms with Crippen LogP contribution in [0.2, 0.25) is 0 Å². The van der Waals surface area contributed by atoms with Crippen molar-refractivity contribution in [1.82, 2.24) is 5.32 Å². The van der Waals surface area contributed by atoms with Gasteiger partial charge in [-0.3, -0.25) is 5.32 Å². The van der Waals surface area contributed by atoms with Crippen molar-refractivity contribution in [3.05, 3.63) is 29.8 Å². The van der Waals surface area contributed by atoms with Crippen LogP contribution in [0, 0.1) is 11.3 Å². The predicted molar refractivity (Wildman–Crippen MR) is 88.4 cm³/mol. The minimum Gasteiger partial charge on any atom is -0.372 e. The van der Waals surface area contributed by atoms with Crippen LogP contribution in [-0.2, 0) is 0 Å². The van der Waals surface area contributed by atoms with Crippen LogP contribution in [0.3, 0.4) is 0 Å². The molecule has 1 aromatic rings. The zero-order valence-corrected chi connectivity index (χ0v) is 13.3. The molecule has 1 N–H and O–H groups in total. The molecule has 1 aliphatic carbocycles. The van der Waals surface area contributed by atoms with E-state index in [2.05, 4.69) is 54.4 Å². The Balaban J connectivity index is 2.02. The highest BCUT2D eigenvalue weighted by Gasteiger charge is 2.18. The van der Waals surface area contributed by atoms with Crippen LogP contribution in [0.5, 0.6) is 0 Å². The van der Waals surface area contributed by atoms with E-state index >= 15 is 0 Å². The van der Waals surface area contributed by atoms with Crippen molar-refractivity contribution >= 4 is 5.69 Å². The van der Waals surface area contributed by atoms with Crippen molar-refractivity contribution in [2.75, 3.05) is 18.0 Å². The third-order valence-corrected chi connectivity index (χ3v) is 4.49. The van der Waals surface area contributed by atoms with E-state index < -0.39 is 0 Å². The maximum absolute atomic E-state index is 9.46. The average Bonchev–Trinajstić information content (AvgIpc) is 2.55. The van der Waals surface area contributed by atoms with Crippen molar-refractivity contribution < 1.29 is 0 Å². The SMILES string of the molecule is CCN(CC)c1ccc(C(C#N)NC2CCCCC2)cc1. The lowest BCUT2D eigenvalue weighted by atomic mass is 9.94. The van der Waals surface area contributed by atoms with E-state index in [4.69, 9.17) is 0 Å². The van der Waals surface area contributed by atoms with Gasteiger partial charge in [0.15, 0.2) is 0 Å². The lowest BCUT2D eigenvalue weighted by Crippen LogP contribution is -2.33. The number of benzene rings is 1. The summed E-state index contributed by atoms with van der Waals surface area (Å²) in [7, 11) is 0. The quantitative estimate of drug-likeness (QED) is 0.858. The molecule has 0 radical (unpaired) electrons. The zero-order chi connectivity index (χ0) is 15.1. The predicted octanol–water partition coefficient (Wildman–Crippen LogP) is 4.02. The first kappa shape index (κ1) is 15.9. The third kappa shape index (κ3) is 4.22. The van der Waals surface area contributed by atoms with Gasteiger partial charge in [-0.15, -0.1) is 0 Å². The number of nitriles is 1. The van der Waals surface area contributed by atoms with Crippen molar-refractivity contribution in [2.45, 2.75) is 58.0 Å². The second-order valence-corrected chi connectivity index (χ2v) is 5.83. The summed E-state index contributed by atoms with van der Waals surface area (Å²) in [4.78, 5) is 2.32. The summed E-state index contributed by atoms with van der Waals surface area (Å²) in [5, 5.41) is 13.0. The monoisotopic (exact) mass is 285 g/mol. The molecular formula is C18H27N3. The highest BCUT2D eigenvalue weighted by Crippen LogP contribution is 2.23. The summed E-state index contributed by atoms with van der Waals surface area (Å²) in [5.41, 5.74) is 2.32. The topological polar surface area (TPSA) is 39.1 Å². The molecule has 1 atom stereocenters. The molecule has 0 spiro atoms. The molecule has 1 aromatic carbocycles. The molecule has 0 bridgehead atoms. The van der Waals surface area contributed by atoms with Crippen LogP contribution in [0.25, 0.3) is 0 Å². The van der Waals surface area contributed by atoms with E-state index in [9.17, 15) is 5.26 Å². The molecule has 1 fully saturated rings. The van der Waals surface area contributed by atoms with Crippen LogP contribution in [-0.4, -0.2) is 19.1 Å². The summed E-state index contributed by atoms with van der Waals surface area (Å²) in [5.74, 6) is 0. The Hall–Kier alpha value is -1.53. The molecule has 0 heterocycles. The smallest absolute Gasteiger partial charge is 0.121 e. The normalized spacial score (nSPS) is 17.2. The summed E-state index contributed by atoms with van der Waals surface area (Å²) in [6.45, 7) is 6.36. The number of nitrogens with zero attached hydrogens (tertiary/aromatic N) is 2. The number of rotatable bonds is 6. The highest BCUT2D eigenvalue weighted by molar-refractivity contribution is 5.48. The zero-order valence-electron chi connectivity index (χ0n) is 13.3. The molecule has 21 heavy (non-hydrogen) atoms. The van der Waals surface area contributed by atoms with Crippen molar-refractivity contribution in [2.24, 2.45) is 0 Å². The lowest BCUT2D eigenvalue weighted by molar-refractivity contribution is 0.360. The highest BCUT2D eigenvalue weighted by atomic mass is 15.1. The molecule has 0 amide bonds. The van der Waals surface area contributed by atoms with Gasteiger partial charge in [0.05, 0.1) is 6.07 Å². The molecule has 1 saturated carbocycles. The van der Waals surface area contributed by atoms with Gasteiger partial charge < -0.3 is 4.90 Å². The van der Waals surface area contributed by atoms with Gasteiger partial charge in [-0.25, -0.2) is 0 Å². The molecule has 0 aliphatic heterocycles.